The van der Waals surface area contributed by atoms with Crippen LogP contribution in [0.3, 0.4) is 0 Å². The summed E-state index contributed by atoms with van der Waals surface area (Å²) >= 11 is 6.22. The predicted octanol–water partition coefficient (Wildman–Crippen LogP) is 3.76. The van der Waals surface area contributed by atoms with Crippen LogP contribution in [0.1, 0.15) is 5.56 Å². The number of methoxy groups -OCH3 is 1. The van der Waals surface area contributed by atoms with Crippen molar-refractivity contribution < 1.29 is 9.53 Å². The van der Waals surface area contributed by atoms with Crippen molar-refractivity contribution >= 4 is 39.8 Å². The smallest absolute Gasteiger partial charge is 0.228 e. The van der Waals surface area contributed by atoms with Crippen molar-refractivity contribution in [1.82, 2.24) is 9.88 Å². The van der Waals surface area contributed by atoms with Gasteiger partial charge in [0.05, 0.1) is 24.9 Å². The van der Waals surface area contributed by atoms with Gasteiger partial charge in [0.2, 0.25) is 5.91 Å². The van der Waals surface area contributed by atoms with Gasteiger partial charge in [-0.2, -0.15) is 0 Å². The van der Waals surface area contributed by atoms with Gasteiger partial charge in [-0.15, -0.1) is 0 Å². The highest BCUT2D eigenvalue weighted by Crippen LogP contribution is 2.30. The predicted molar refractivity (Wildman–Crippen MR) is 118 cm³/mol. The van der Waals surface area contributed by atoms with E-state index in [4.69, 9.17) is 16.3 Å². The number of piperazine rings is 1. The molecule has 1 saturated heterocycles. The molecule has 1 aromatic heterocycles. The Hall–Kier alpha value is -2.70. The Balaban J connectivity index is 1.53. The third-order valence-corrected chi connectivity index (χ3v) is 5.64. The molecule has 1 fully saturated rings. The molecule has 4 rings (SSSR count). The topological polar surface area (TPSA) is 60.6 Å². The third-order valence-electron chi connectivity index (χ3n) is 5.40. The number of fused-ring (bicyclic) bond motifs is 1. The number of carbonyl (C=O) groups is 1. The number of nitrogens with zero attached hydrogens (tertiary/aromatic N) is 2. The number of aromatic nitrogens is 1. The lowest BCUT2D eigenvalue weighted by Gasteiger charge is -2.35. The van der Waals surface area contributed by atoms with Gasteiger partial charge in [-0.1, -0.05) is 11.6 Å². The maximum absolute atomic E-state index is 12.9. The summed E-state index contributed by atoms with van der Waals surface area (Å²) in [5.74, 6) is 0.692. The van der Waals surface area contributed by atoms with E-state index in [2.05, 4.69) is 27.1 Å². The molecule has 6 nitrogen and oxygen atoms in total. The number of hydrogen-bond donors (Lipinski definition) is 2. The van der Waals surface area contributed by atoms with E-state index in [1.165, 1.54) is 0 Å². The zero-order valence-corrected chi connectivity index (χ0v) is 17.4. The first kappa shape index (κ1) is 19.6. The molecular formula is C22H25ClN4O2. The van der Waals surface area contributed by atoms with E-state index in [9.17, 15) is 4.79 Å². The number of anilines is 2. The summed E-state index contributed by atoms with van der Waals surface area (Å²) in [5.41, 5.74) is 3.68. The Morgan fingerprint density at radius 3 is 2.72 bits per heavy atom. The Kier molecular flexibility index (Phi) is 5.65. The van der Waals surface area contributed by atoms with Gasteiger partial charge in [0, 0.05) is 48.3 Å². The molecule has 152 valence electrons. The number of carbonyl (C=O) groups excluding carboxylic acids is 1. The standard InChI is InChI=1S/C22H25ClN4O2/c1-26-7-9-27(10-8-26)21-6-3-16(23)12-20(21)25-22(28)11-15-14-24-19-5-4-17(29-2)13-18(15)19/h3-6,12-14,24H,7-11H2,1-2H3,(H,25,28). The lowest BCUT2D eigenvalue weighted by atomic mass is 10.1. The van der Waals surface area contributed by atoms with Crippen molar-refractivity contribution in [2.24, 2.45) is 0 Å². The van der Waals surface area contributed by atoms with E-state index in [-0.39, 0.29) is 12.3 Å². The monoisotopic (exact) mass is 412 g/mol. The van der Waals surface area contributed by atoms with Crippen molar-refractivity contribution in [3.05, 3.63) is 53.2 Å². The van der Waals surface area contributed by atoms with E-state index in [1.54, 1.807) is 7.11 Å². The van der Waals surface area contributed by atoms with Crippen LogP contribution in [-0.4, -0.2) is 56.1 Å². The fourth-order valence-corrected chi connectivity index (χ4v) is 3.90. The molecule has 0 saturated carbocycles. The molecule has 0 unspecified atom stereocenters. The van der Waals surface area contributed by atoms with Crippen molar-refractivity contribution in [3.63, 3.8) is 0 Å². The van der Waals surface area contributed by atoms with E-state index < -0.39 is 0 Å². The Labute approximate surface area is 175 Å². The molecule has 7 heteroatoms. The average Bonchev–Trinajstić information content (AvgIpc) is 3.11. The highest BCUT2D eigenvalue weighted by Gasteiger charge is 2.19. The number of nitrogens with one attached hydrogen (secondary N) is 2. The van der Waals surface area contributed by atoms with Crippen molar-refractivity contribution in [2.45, 2.75) is 6.42 Å². The number of H-pyrrole nitrogens is 1. The minimum atomic E-state index is -0.0774. The molecule has 2 aromatic carbocycles. The summed E-state index contributed by atoms with van der Waals surface area (Å²) in [4.78, 5) is 20.7. The van der Waals surface area contributed by atoms with Gasteiger partial charge >= 0.3 is 0 Å². The summed E-state index contributed by atoms with van der Waals surface area (Å²) in [7, 11) is 3.76. The Morgan fingerprint density at radius 2 is 1.97 bits per heavy atom. The number of rotatable bonds is 5. The van der Waals surface area contributed by atoms with Gasteiger partial charge in [0.25, 0.3) is 0 Å². The molecule has 29 heavy (non-hydrogen) atoms. The first-order valence-electron chi connectivity index (χ1n) is 9.70. The van der Waals surface area contributed by atoms with Crippen LogP contribution in [-0.2, 0) is 11.2 Å². The number of likely N-dealkylation sites (N-methyl/N-ethyl adjacent to an activating group) is 1. The molecule has 1 amide bonds. The summed E-state index contributed by atoms with van der Waals surface area (Å²) in [6.07, 6.45) is 2.14. The third kappa shape index (κ3) is 4.33. The largest absolute Gasteiger partial charge is 0.497 e. The maximum atomic E-state index is 12.9. The maximum Gasteiger partial charge on any atom is 0.228 e. The van der Waals surface area contributed by atoms with Crippen LogP contribution in [0.15, 0.2) is 42.6 Å². The van der Waals surface area contributed by atoms with Gasteiger partial charge < -0.3 is 24.8 Å². The second-order valence-electron chi connectivity index (χ2n) is 7.40. The first-order chi connectivity index (χ1) is 14.0. The van der Waals surface area contributed by atoms with Gasteiger partial charge in [-0.25, -0.2) is 0 Å². The van der Waals surface area contributed by atoms with Crippen molar-refractivity contribution in [3.8, 4) is 5.75 Å². The van der Waals surface area contributed by atoms with Crippen molar-refractivity contribution in [1.29, 1.82) is 0 Å². The van der Waals surface area contributed by atoms with Crippen LogP contribution in [0.4, 0.5) is 11.4 Å². The summed E-state index contributed by atoms with van der Waals surface area (Å²) < 4.78 is 5.31. The quantitative estimate of drug-likeness (QED) is 0.669. The minimum Gasteiger partial charge on any atom is -0.497 e. The molecule has 2 heterocycles. The molecule has 2 N–H and O–H groups in total. The molecule has 0 spiro atoms. The minimum absolute atomic E-state index is 0.0774. The second-order valence-corrected chi connectivity index (χ2v) is 7.84. The van der Waals surface area contributed by atoms with Crippen LogP contribution in [0.25, 0.3) is 10.9 Å². The fourth-order valence-electron chi connectivity index (χ4n) is 3.73. The molecule has 1 aliphatic heterocycles. The highest BCUT2D eigenvalue weighted by atomic mass is 35.5. The van der Waals surface area contributed by atoms with Crippen LogP contribution >= 0.6 is 11.6 Å². The molecule has 0 atom stereocenters. The van der Waals surface area contributed by atoms with Gasteiger partial charge in [0.15, 0.2) is 0 Å². The normalized spacial score (nSPS) is 14.9. The number of benzene rings is 2. The van der Waals surface area contributed by atoms with Crippen LogP contribution in [0.2, 0.25) is 5.02 Å². The molecule has 1 aliphatic rings. The number of halogens is 1. The zero-order valence-electron chi connectivity index (χ0n) is 16.7. The van der Waals surface area contributed by atoms with Crippen molar-refractivity contribution in [2.75, 3.05) is 50.6 Å². The Morgan fingerprint density at radius 1 is 1.17 bits per heavy atom. The zero-order chi connectivity index (χ0) is 20.4. The van der Waals surface area contributed by atoms with E-state index in [0.29, 0.717) is 5.02 Å². The number of aromatic amines is 1. The lowest BCUT2D eigenvalue weighted by Crippen LogP contribution is -2.44. The summed E-state index contributed by atoms with van der Waals surface area (Å²) in [5, 5.41) is 4.66. The molecule has 3 aromatic rings. The molecule has 0 bridgehead atoms. The SMILES string of the molecule is COc1ccc2[nH]cc(CC(=O)Nc3cc(Cl)ccc3N3CCN(C)CC3)c2c1. The Bertz CT molecular complexity index is 1020. The number of hydrogen-bond acceptors (Lipinski definition) is 4. The average molecular weight is 413 g/mol. The van der Waals surface area contributed by atoms with Crippen LogP contribution in [0, 0.1) is 0 Å². The molecule has 0 aliphatic carbocycles. The summed E-state index contributed by atoms with van der Waals surface area (Å²) in [6.45, 7) is 3.83. The lowest BCUT2D eigenvalue weighted by molar-refractivity contribution is -0.115. The summed E-state index contributed by atoms with van der Waals surface area (Å²) in [6, 6.07) is 11.5. The number of amides is 1. The van der Waals surface area contributed by atoms with Gasteiger partial charge in [-0.05, 0) is 49.0 Å². The van der Waals surface area contributed by atoms with E-state index in [1.807, 2.05) is 42.6 Å². The molecule has 0 radical (unpaired) electrons. The van der Waals surface area contributed by atoms with E-state index in [0.717, 1.165) is 59.8 Å². The van der Waals surface area contributed by atoms with Crippen LogP contribution in [0.5, 0.6) is 5.75 Å². The number of ether oxygens (including phenoxy) is 1. The molecular weight excluding hydrogens is 388 g/mol. The highest BCUT2D eigenvalue weighted by molar-refractivity contribution is 6.31. The van der Waals surface area contributed by atoms with Crippen LogP contribution < -0.4 is 15.0 Å². The fraction of sp³-hybridized carbons (Fsp3) is 0.318. The van der Waals surface area contributed by atoms with E-state index >= 15 is 0 Å². The second kappa shape index (κ2) is 8.35. The first-order valence-corrected chi connectivity index (χ1v) is 10.1. The van der Waals surface area contributed by atoms with Gasteiger partial charge in [-0.3, -0.25) is 4.79 Å². The van der Waals surface area contributed by atoms with Gasteiger partial charge in [0.1, 0.15) is 5.75 Å².